The van der Waals surface area contributed by atoms with Gasteiger partial charge in [0.05, 0.1) is 0 Å². The maximum absolute atomic E-state index is 3.90. The molecule has 1 aliphatic heterocycles. The summed E-state index contributed by atoms with van der Waals surface area (Å²) < 4.78 is 0. The molecule has 1 unspecified atom stereocenters. The maximum atomic E-state index is 3.90. The lowest BCUT2D eigenvalue weighted by molar-refractivity contribution is 0.375. The van der Waals surface area contributed by atoms with Crippen LogP contribution >= 0.6 is 0 Å². The highest BCUT2D eigenvalue weighted by Gasteiger charge is 2.24. The van der Waals surface area contributed by atoms with E-state index in [4.69, 9.17) is 0 Å². The van der Waals surface area contributed by atoms with Gasteiger partial charge in [0.1, 0.15) is 0 Å². The predicted octanol–water partition coefficient (Wildman–Crippen LogP) is 3.80. The van der Waals surface area contributed by atoms with Crippen LogP contribution in [-0.4, -0.2) is 25.2 Å². The van der Waals surface area contributed by atoms with Crippen molar-refractivity contribution in [3.05, 3.63) is 29.3 Å². The van der Waals surface area contributed by atoms with E-state index in [1.807, 2.05) is 0 Å². The van der Waals surface area contributed by atoms with Crippen molar-refractivity contribution in [1.29, 1.82) is 0 Å². The Labute approximate surface area is 123 Å². The highest BCUT2D eigenvalue weighted by molar-refractivity contribution is 5.51. The SMILES string of the molecule is Cc1ccc(N2CCCC(NC3CCCC3)C2)cc1C. The minimum atomic E-state index is 0.688. The van der Waals surface area contributed by atoms with E-state index >= 15 is 0 Å². The molecule has 0 radical (unpaired) electrons. The number of benzene rings is 1. The predicted molar refractivity (Wildman–Crippen MR) is 86.5 cm³/mol. The number of hydrogen-bond acceptors (Lipinski definition) is 2. The minimum Gasteiger partial charge on any atom is -0.370 e. The number of rotatable bonds is 3. The number of hydrogen-bond donors (Lipinski definition) is 1. The van der Waals surface area contributed by atoms with Crippen LogP contribution in [0.25, 0.3) is 0 Å². The standard InChI is InChI=1S/C18H28N2/c1-14-9-10-18(12-15(14)2)20-11-5-8-17(13-20)19-16-6-3-4-7-16/h9-10,12,16-17,19H,3-8,11,13H2,1-2H3. The van der Waals surface area contributed by atoms with Gasteiger partial charge in [-0.15, -0.1) is 0 Å². The van der Waals surface area contributed by atoms with Crippen LogP contribution in [0.5, 0.6) is 0 Å². The van der Waals surface area contributed by atoms with Crippen LogP contribution in [0.2, 0.25) is 0 Å². The third kappa shape index (κ3) is 3.17. The summed E-state index contributed by atoms with van der Waals surface area (Å²) in [5, 5.41) is 3.90. The van der Waals surface area contributed by atoms with Crippen LogP contribution in [0.1, 0.15) is 49.7 Å². The number of nitrogens with one attached hydrogen (secondary N) is 1. The smallest absolute Gasteiger partial charge is 0.0369 e. The fourth-order valence-electron chi connectivity index (χ4n) is 3.70. The molecule has 1 aliphatic carbocycles. The van der Waals surface area contributed by atoms with Crippen LogP contribution in [0.15, 0.2) is 18.2 Å². The van der Waals surface area contributed by atoms with E-state index in [0.717, 1.165) is 6.04 Å². The van der Waals surface area contributed by atoms with E-state index in [2.05, 4.69) is 42.3 Å². The lowest BCUT2D eigenvalue weighted by Crippen LogP contribution is -2.48. The zero-order chi connectivity index (χ0) is 13.9. The molecule has 1 saturated carbocycles. The van der Waals surface area contributed by atoms with Gasteiger partial charge in [-0.1, -0.05) is 18.9 Å². The summed E-state index contributed by atoms with van der Waals surface area (Å²) in [5.41, 5.74) is 4.21. The zero-order valence-corrected chi connectivity index (χ0v) is 13.0. The summed E-state index contributed by atoms with van der Waals surface area (Å²) in [5.74, 6) is 0. The second-order valence-corrected chi connectivity index (χ2v) is 6.70. The molecule has 1 saturated heterocycles. The van der Waals surface area contributed by atoms with Gasteiger partial charge in [0, 0.05) is 30.9 Å². The molecule has 110 valence electrons. The van der Waals surface area contributed by atoms with Crippen LogP contribution < -0.4 is 10.2 Å². The van der Waals surface area contributed by atoms with Gasteiger partial charge in [-0.25, -0.2) is 0 Å². The molecule has 3 rings (SSSR count). The quantitative estimate of drug-likeness (QED) is 0.900. The van der Waals surface area contributed by atoms with Crippen LogP contribution in [-0.2, 0) is 0 Å². The Morgan fingerprint density at radius 3 is 2.45 bits per heavy atom. The van der Waals surface area contributed by atoms with Crippen molar-refractivity contribution in [3.8, 4) is 0 Å². The third-order valence-corrected chi connectivity index (χ3v) is 5.10. The van der Waals surface area contributed by atoms with Gasteiger partial charge in [-0.05, 0) is 62.8 Å². The highest BCUT2D eigenvalue weighted by Crippen LogP contribution is 2.24. The third-order valence-electron chi connectivity index (χ3n) is 5.10. The molecule has 1 N–H and O–H groups in total. The Morgan fingerprint density at radius 1 is 0.950 bits per heavy atom. The molecular formula is C18H28N2. The molecule has 1 aromatic carbocycles. The average Bonchev–Trinajstić information content (AvgIpc) is 2.95. The van der Waals surface area contributed by atoms with E-state index in [1.165, 1.54) is 68.4 Å². The first-order valence-corrected chi connectivity index (χ1v) is 8.30. The van der Waals surface area contributed by atoms with Crippen LogP contribution in [0.3, 0.4) is 0 Å². The molecule has 1 atom stereocenters. The molecule has 2 heteroatoms. The lowest BCUT2D eigenvalue weighted by atomic mass is 10.0. The van der Waals surface area contributed by atoms with Crippen molar-refractivity contribution in [2.45, 2.75) is 64.5 Å². The monoisotopic (exact) mass is 272 g/mol. The number of piperidine rings is 1. The van der Waals surface area contributed by atoms with Gasteiger partial charge in [0.25, 0.3) is 0 Å². The molecule has 2 aliphatic rings. The van der Waals surface area contributed by atoms with Crippen molar-refractivity contribution in [3.63, 3.8) is 0 Å². The maximum Gasteiger partial charge on any atom is 0.0369 e. The van der Waals surface area contributed by atoms with E-state index in [0.29, 0.717) is 6.04 Å². The van der Waals surface area contributed by atoms with Gasteiger partial charge in [0.15, 0.2) is 0 Å². The van der Waals surface area contributed by atoms with E-state index < -0.39 is 0 Å². The number of anilines is 1. The Bertz CT molecular complexity index is 449. The highest BCUT2D eigenvalue weighted by atomic mass is 15.2. The second-order valence-electron chi connectivity index (χ2n) is 6.70. The minimum absolute atomic E-state index is 0.688. The molecule has 0 aromatic heterocycles. The molecule has 1 heterocycles. The largest absolute Gasteiger partial charge is 0.370 e. The van der Waals surface area contributed by atoms with Gasteiger partial charge in [-0.3, -0.25) is 0 Å². The van der Waals surface area contributed by atoms with Crippen molar-refractivity contribution in [2.75, 3.05) is 18.0 Å². The van der Waals surface area contributed by atoms with Gasteiger partial charge in [0.2, 0.25) is 0 Å². The Morgan fingerprint density at radius 2 is 1.70 bits per heavy atom. The van der Waals surface area contributed by atoms with Crippen molar-refractivity contribution in [1.82, 2.24) is 5.32 Å². The molecule has 0 spiro atoms. The molecule has 2 fully saturated rings. The first-order valence-electron chi connectivity index (χ1n) is 8.30. The van der Waals surface area contributed by atoms with Crippen LogP contribution in [0.4, 0.5) is 5.69 Å². The molecule has 2 nitrogen and oxygen atoms in total. The number of nitrogens with zero attached hydrogens (tertiary/aromatic N) is 1. The summed E-state index contributed by atoms with van der Waals surface area (Å²) in [6, 6.07) is 8.39. The van der Waals surface area contributed by atoms with Gasteiger partial charge >= 0.3 is 0 Å². The fraction of sp³-hybridized carbons (Fsp3) is 0.667. The Balaban J connectivity index is 1.63. The molecular weight excluding hydrogens is 244 g/mol. The molecule has 0 bridgehead atoms. The molecule has 20 heavy (non-hydrogen) atoms. The van der Waals surface area contributed by atoms with Crippen LogP contribution in [0, 0.1) is 13.8 Å². The number of aryl methyl sites for hydroxylation is 2. The first kappa shape index (κ1) is 13.9. The van der Waals surface area contributed by atoms with Gasteiger partial charge in [-0.2, -0.15) is 0 Å². The molecule has 0 amide bonds. The summed E-state index contributed by atoms with van der Waals surface area (Å²) in [6.07, 6.45) is 8.28. The molecule has 1 aromatic rings. The normalized spacial score (nSPS) is 24.3. The topological polar surface area (TPSA) is 15.3 Å². The fourth-order valence-corrected chi connectivity index (χ4v) is 3.70. The summed E-state index contributed by atoms with van der Waals surface area (Å²) >= 11 is 0. The average molecular weight is 272 g/mol. The summed E-state index contributed by atoms with van der Waals surface area (Å²) in [7, 11) is 0. The lowest BCUT2D eigenvalue weighted by Gasteiger charge is -2.36. The Hall–Kier alpha value is -1.02. The van der Waals surface area contributed by atoms with E-state index in [1.54, 1.807) is 0 Å². The summed E-state index contributed by atoms with van der Waals surface area (Å²) in [6.45, 7) is 6.81. The Kier molecular flexibility index (Phi) is 4.30. The first-order chi connectivity index (χ1) is 9.72. The zero-order valence-electron chi connectivity index (χ0n) is 13.0. The van der Waals surface area contributed by atoms with Crippen molar-refractivity contribution < 1.29 is 0 Å². The van der Waals surface area contributed by atoms with E-state index in [9.17, 15) is 0 Å². The van der Waals surface area contributed by atoms with Crippen molar-refractivity contribution in [2.24, 2.45) is 0 Å². The van der Waals surface area contributed by atoms with Gasteiger partial charge < -0.3 is 10.2 Å². The van der Waals surface area contributed by atoms with Crippen molar-refractivity contribution >= 4 is 5.69 Å². The summed E-state index contributed by atoms with van der Waals surface area (Å²) in [4.78, 5) is 2.57. The second kappa shape index (κ2) is 6.17. The van der Waals surface area contributed by atoms with E-state index in [-0.39, 0.29) is 0 Å².